The molecule has 0 aliphatic carbocycles. The Hall–Kier alpha value is -3.79. The van der Waals surface area contributed by atoms with Gasteiger partial charge in [0, 0.05) is 22.0 Å². The van der Waals surface area contributed by atoms with Crippen LogP contribution >= 0.6 is 23.2 Å². The number of anilines is 2. The van der Waals surface area contributed by atoms with Gasteiger partial charge < -0.3 is 30.5 Å². The molecule has 0 spiro atoms. The molecule has 11 heteroatoms. The van der Waals surface area contributed by atoms with Crippen LogP contribution in [0.2, 0.25) is 10.0 Å². The number of rotatable bonds is 7. The summed E-state index contributed by atoms with van der Waals surface area (Å²) < 4.78 is 10.5. The van der Waals surface area contributed by atoms with Crippen molar-refractivity contribution in [2.75, 3.05) is 17.4 Å². The molecule has 4 rings (SSSR count). The molecule has 3 amide bonds. The quantitative estimate of drug-likeness (QED) is 0.365. The van der Waals surface area contributed by atoms with Gasteiger partial charge in [0.2, 0.25) is 12.7 Å². The first-order valence-corrected chi connectivity index (χ1v) is 11.5. The van der Waals surface area contributed by atoms with Crippen molar-refractivity contribution < 1.29 is 29.0 Å². The number of hydrogen-bond acceptors (Lipinski definition) is 6. The molecular formula is C25H21Cl2N3O6. The Morgan fingerprint density at radius 2 is 1.53 bits per heavy atom. The van der Waals surface area contributed by atoms with Crippen molar-refractivity contribution in [3.63, 3.8) is 0 Å². The molecule has 0 saturated heterocycles. The van der Waals surface area contributed by atoms with Gasteiger partial charge in [-0.05, 0) is 67.6 Å². The maximum absolute atomic E-state index is 12.8. The Balaban J connectivity index is 1.38. The minimum absolute atomic E-state index is 0.0742. The number of fused-ring (bicyclic) bond motifs is 1. The number of halogens is 2. The van der Waals surface area contributed by atoms with Crippen LogP contribution in [0.1, 0.15) is 27.6 Å². The fraction of sp³-hybridized carbons (Fsp3) is 0.160. The topological polar surface area (TPSA) is 126 Å². The summed E-state index contributed by atoms with van der Waals surface area (Å²) in [6, 6.07) is 14.3. The molecule has 0 fully saturated rings. The molecule has 1 aliphatic heterocycles. The third-order valence-corrected chi connectivity index (χ3v) is 5.83. The summed E-state index contributed by atoms with van der Waals surface area (Å²) >= 11 is 12.0. The lowest BCUT2D eigenvalue weighted by atomic mass is 10.1. The number of nitrogens with one attached hydrogen (secondary N) is 3. The number of benzene rings is 3. The predicted molar refractivity (Wildman–Crippen MR) is 135 cm³/mol. The van der Waals surface area contributed by atoms with Gasteiger partial charge in [0.05, 0.1) is 16.7 Å². The summed E-state index contributed by atoms with van der Waals surface area (Å²) in [5, 5.41) is 18.4. The Morgan fingerprint density at radius 3 is 2.22 bits per heavy atom. The molecular weight excluding hydrogens is 509 g/mol. The molecule has 186 valence electrons. The number of hydrogen-bond donors (Lipinski definition) is 4. The highest BCUT2D eigenvalue weighted by Gasteiger charge is 2.27. The number of carbonyl (C=O) groups is 3. The molecule has 0 bridgehead atoms. The van der Waals surface area contributed by atoms with E-state index < -0.39 is 24.0 Å². The van der Waals surface area contributed by atoms with Gasteiger partial charge in [-0.15, -0.1) is 0 Å². The van der Waals surface area contributed by atoms with Gasteiger partial charge in [0.1, 0.15) is 6.04 Å². The summed E-state index contributed by atoms with van der Waals surface area (Å²) in [6.07, 6.45) is -1.20. The molecule has 4 N–H and O–H groups in total. The Morgan fingerprint density at radius 1 is 0.861 bits per heavy atom. The molecule has 0 radical (unpaired) electrons. The van der Waals surface area contributed by atoms with E-state index in [4.69, 9.17) is 32.7 Å². The van der Waals surface area contributed by atoms with E-state index in [2.05, 4.69) is 16.0 Å². The first-order valence-electron chi connectivity index (χ1n) is 10.8. The van der Waals surface area contributed by atoms with Crippen LogP contribution in [0.5, 0.6) is 11.5 Å². The van der Waals surface area contributed by atoms with Crippen LogP contribution in [-0.4, -0.2) is 41.8 Å². The smallest absolute Gasteiger partial charge is 0.255 e. The van der Waals surface area contributed by atoms with Crippen molar-refractivity contribution in [3.8, 4) is 11.5 Å². The second-order valence-corrected chi connectivity index (χ2v) is 8.75. The molecule has 0 saturated carbocycles. The lowest BCUT2D eigenvalue weighted by molar-refractivity contribution is -0.120. The second kappa shape index (κ2) is 10.9. The van der Waals surface area contributed by atoms with Gasteiger partial charge in [-0.2, -0.15) is 0 Å². The average molecular weight is 530 g/mol. The summed E-state index contributed by atoms with van der Waals surface area (Å²) in [6.45, 7) is 1.49. The fourth-order valence-electron chi connectivity index (χ4n) is 3.39. The van der Waals surface area contributed by atoms with E-state index in [1.807, 2.05) is 0 Å². The van der Waals surface area contributed by atoms with Crippen LogP contribution in [0.25, 0.3) is 0 Å². The third-order valence-electron chi connectivity index (χ3n) is 5.27. The van der Waals surface area contributed by atoms with Crippen LogP contribution in [-0.2, 0) is 4.79 Å². The third kappa shape index (κ3) is 5.88. The molecule has 9 nitrogen and oxygen atoms in total. The lowest BCUT2D eigenvalue weighted by Crippen LogP contribution is -2.50. The minimum Gasteiger partial charge on any atom is -0.454 e. The van der Waals surface area contributed by atoms with Crippen molar-refractivity contribution in [2.24, 2.45) is 0 Å². The Kier molecular flexibility index (Phi) is 7.64. The largest absolute Gasteiger partial charge is 0.454 e. The molecule has 1 heterocycles. The van der Waals surface area contributed by atoms with Gasteiger partial charge in [0.25, 0.3) is 11.8 Å². The van der Waals surface area contributed by atoms with E-state index in [0.717, 1.165) is 0 Å². The highest BCUT2D eigenvalue weighted by Crippen LogP contribution is 2.32. The van der Waals surface area contributed by atoms with E-state index in [9.17, 15) is 19.5 Å². The molecule has 36 heavy (non-hydrogen) atoms. The molecule has 2 unspecified atom stereocenters. The highest BCUT2D eigenvalue weighted by molar-refractivity contribution is 6.35. The highest BCUT2D eigenvalue weighted by atomic mass is 35.5. The average Bonchev–Trinajstić information content (AvgIpc) is 3.32. The van der Waals surface area contributed by atoms with Crippen molar-refractivity contribution in [1.29, 1.82) is 0 Å². The summed E-state index contributed by atoms with van der Waals surface area (Å²) in [5.74, 6) is -0.576. The van der Waals surface area contributed by atoms with Gasteiger partial charge in [-0.3, -0.25) is 14.4 Å². The molecule has 2 atom stereocenters. The van der Waals surface area contributed by atoms with E-state index in [-0.39, 0.29) is 23.3 Å². The van der Waals surface area contributed by atoms with E-state index in [1.165, 1.54) is 25.1 Å². The molecule has 3 aromatic carbocycles. The maximum Gasteiger partial charge on any atom is 0.255 e. The van der Waals surface area contributed by atoms with Crippen LogP contribution in [0.15, 0.2) is 60.7 Å². The summed E-state index contributed by atoms with van der Waals surface area (Å²) in [4.78, 5) is 37.9. The number of carbonyl (C=O) groups excluding carboxylic acids is 3. The zero-order valence-electron chi connectivity index (χ0n) is 18.9. The van der Waals surface area contributed by atoms with Gasteiger partial charge >= 0.3 is 0 Å². The second-order valence-electron chi connectivity index (χ2n) is 7.90. The maximum atomic E-state index is 12.8. The van der Waals surface area contributed by atoms with Crippen molar-refractivity contribution >= 4 is 52.3 Å². The number of aliphatic hydroxyl groups is 1. The minimum atomic E-state index is -1.27. The Labute approximate surface area is 216 Å². The van der Waals surface area contributed by atoms with Crippen molar-refractivity contribution in [1.82, 2.24) is 5.32 Å². The number of amides is 3. The molecule has 1 aliphatic rings. The lowest BCUT2D eigenvalue weighted by Gasteiger charge is -2.21. The zero-order chi connectivity index (χ0) is 25.8. The van der Waals surface area contributed by atoms with E-state index >= 15 is 0 Å². The van der Waals surface area contributed by atoms with Gasteiger partial charge in [-0.1, -0.05) is 23.2 Å². The standard InChI is InChI=1S/C25H21Cl2N3O6/c1-13(31)22(30-24(33)18-11-15(26)3-8-19(18)27)25(34)29-17-6-4-16(5-7-17)28-23(32)14-2-9-20-21(10-14)36-12-35-20/h2-11,13,22,31H,12H2,1H3,(H,28,32)(H,29,34)(H,30,33). The SMILES string of the molecule is CC(O)C(NC(=O)c1cc(Cl)ccc1Cl)C(=O)Nc1ccc(NC(=O)c2ccc3c(c2)OCO3)cc1. The Bertz CT molecular complexity index is 1310. The first-order chi connectivity index (χ1) is 17.2. The van der Waals surface area contributed by atoms with Crippen LogP contribution in [0.3, 0.4) is 0 Å². The fourth-order valence-corrected chi connectivity index (χ4v) is 3.77. The number of ether oxygens (including phenoxy) is 2. The number of aliphatic hydroxyl groups excluding tert-OH is 1. The van der Waals surface area contributed by atoms with Crippen molar-refractivity contribution in [2.45, 2.75) is 19.1 Å². The zero-order valence-corrected chi connectivity index (χ0v) is 20.4. The van der Waals surface area contributed by atoms with Crippen LogP contribution in [0, 0.1) is 0 Å². The van der Waals surface area contributed by atoms with E-state index in [0.29, 0.717) is 33.5 Å². The summed E-state index contributed by atoms with van der Waals surface area (Å²) in [7, 11) is 0. The van der Waals surface area contributed by atoms with Gasteiger partial charge in [-0.25, -0.2) is 0 Å². The normalized spacial score (nSPS) is 13.4. The van der Waals surface area contributed by atoms with Crippen LogP contribution < -0.4 is 25.4 Å². The van der Waals surface area contributed by atoms with E-state index in [1.54, 1.807) is 42.5 Å². The monoisotopic (exact) mass is 529 g/mol. The van der Waals surface area contributed by atoms with Crippen molar-refractivity contribution in [3.05, 3.63) is 81.8 Å². The predicted octanol–water partition coefficient (Wildman–Crippen LogP) is 4.09. The molecule has 0 aromatic heterocycles. The molecule has 3 aromatic rings. The summed E-state index contributed by atoms with van der Waals surface area (Å²) in [5.41, 5.74) is 1.35. The first kappa shape index (κ1) is 25.3. The van der Waals surface area contributed by atoms with Crippen LogP contribution in [0.4, 0.5) is 11.4 Å². The van der Waals surface area contributed by atoms with Gasteiger partial charge in [0.15, 0.2) is 11.5 Å².